The van der Waals surface area contributed by atoms with Crippen molar-refractivity contribution < 1.29 is 0 Å². The van der Waals surface area contributed by atoms with E-state index in [2.05, 4.69) is 39.9 Å². The van der Waals surface area contributed by atoms with Crippen LogP contribution in [0, 0.1) is 0 Å². The van der Waals surface area contributed by atoms with E-state index in [4.69, 9.17) is 4.99 Å². The Balaban J connectivity index is 1.68. The summed E-state index contributed by atoms with van der Waals surface area (Å²) < 4.78 is 0. The molecule has 0 saturated heterocycles. The largest absolute Gasteiger partial charge is 0.371 e. The van der Waals surface area contributed by atoms with Gasteiger partial charge in [0.25, 0.3) is 0 Å². The first-order chi connectivity index (χ1) is 13.4. The SMILES string of the molecule is C(=Nc1ccccc1N[C@@H](c1ccccc1)c1ccccn1)c1cccs1. The van der Waals surface area contributed by atoms with Crippen LogP contribution in [0.2, 0.25) is 0 Å². The Morgan fingerprint density at radius 1 is 0.852 bits per heavy atom. The van der Waals surface area contributed by atoms with Crippen LogP contribution >= 0.6 is 11.3 Å². The van der Waals surface area contributed by atoms with Gasteiger partial charge in [0.1, 0.15) is 0 Å². The Morgan fingerprint density at radius 3 is 2.44 bits per heavy atom. The van der Waals surface area contributed by atoms with Crippen LogP contribution in [-0.2, 0) is 0 Å². The summed E-state index contributed by atoms with van der Waals surface area (Å²) in [5.74, 6) is 0. The molecule has 0 bridgehead atoms. The van der Waals surface area contributed by atoms with Gasteiger partial charge in [0.05, 0.1) is 23.1 Å². The Labute approximate surface area is 163 Å². The van der Waals surface area contributed by atoms with Crippen molar-refractivity contribution in [1.82, 2.24) is 4.98 Å². The van der Waals surface area contributed by atoms with Gasteiger partial charge in [-0.1, -0.05) is 54.6 Å². The van der Waals surface area contributed by atoms with E-state index in [0.29, 0.717) is 0 Å². The minimum absolute atomic E-state index is 0.0505. The zero-order chi connectivity index (χ0) is 18.3. The fourth-order valence-electron chi connectivity index (χ4n) is 2.88. The summed E-state index contributed by atoms with van der Waals surface area (Å²) in [5, 5.41) is 5.69. The average Bonchev–Trinajstić information content (AvgIpc) is 3.26. The minimum Gasteiger partial charge on any atom is -0.371 e. The van der Waals surface area contributed by atoms with E-state index in [9.17, 15) is 0 Å². The average molecular weight is 369 g/mol. The zero-order valence-corrected chi connectivity index (χ0v) is 15.5. The molecule has 2 aromatic carbocycles. The van der Waals surface area contributed by atoms with Crippen LogP contribution in [0.15, 0.2) is 101 Å². The van der Waals surface area contributed by atoms with E-state index >= 15 is 0 Å². The Kier molecular flexibility index (Phi) is 5.36. The molecule has 27 heavy (non-hydrogen) atoms. The van der Waals surface area contributed by atoms with Crippen molar-refractivity contribution in [3.8, 4) is 0 Å². The first kappa shape index (κ1) is 17.2. The van der Waals surface area contributed by atoms with Gasteiger partial charge < -0.3 is 5.32 Å². The van der Waals surface area contributed by atoms with Gasteiger partial charge >= 0.3 is 0 Å². The molecule has 1 N–H and O–H groups in total. The molecule has 1 atom stereocenters. The summed E-state index contributed by atoms with van der Waals surface area (Å²) in [5.41, 5.74) is 4.02. The normalized spacial score (nSPS) is 12.1. The van der Waals surface area contributed by atoms with Crippen LogP contribution in [0.3, 0.4) is 0 Å². The van der Waals surface area contributed by atoms with Gasteiger partial charge in [0.15, 0.2) is 0 Å². The summed E-state index contributed by atoms with van der Waals surface area (Å²) in [7, 11) is 0. The fourth-order valence-corrected chi connectivity index (χ4v) is 3.47. The third-order valence-electron chi connectivity index (χ3n) is 4.19. The molecule has 0 aliphatic carbocycles. The number of pyridine rings is 1. The maximum Gasteiger partial charge on any atom is 0.0940 e. The number of aliphatic imine (C=N–C) groups is 1. The summed E-state index contributed by atoms with van der Waals surface area (Å²) in [4.78, 5) is 10.4. The number of nitrogens with zero attached hydrogens (tertiary/aromatic N) is 2. The van der Waals surface area contributed by atoms with E-state index in [1.54, 1.807) is 11.3 Å². The van der Waals surface area contributed by atoms with Crippen molar-refractivity contribution in [3.63, 3.8) is 0 Å². The van der Waals surface area contributed by atoms with Crippen molar-refractivity contribution in [2.24, 2.45) is 4.99 Å². The maximum absolute atomic E-state index is 4.69. The van der Waals surface area contributed by atoms with Crippen molar-refractivity contribution in [1.29, 1.82) is 0 Å². The van der Waals surface area contributed by atoms with Gasteiger partial charge in [-0.05, 0) is 41.3 Å². The van der Waals surface area contributed by atoms with E-state index in [1.165, 1.54) is 0 Å². The second kappa shape index (κ2) is 8.43. The molecule has 0 fully saturated rings. The third kappa shape index (κ3) is 4.30. The summed E-state index contributed by atoms with van der Waals surface area (Å²) in [6, 6.07) is 28.5. The highest BCUT2D eigenvalue weighted by molar-refractivity contribution is 7.11. The van der Waals surface area contributed by atoms with E-state index < -0.39 is 0 Å². The molecular formula is C23H19N3S. The molecule has 0 radical (unpaired) electrons. The van der Waals surface area contributed by atoms with E-state index in [-0.39, 0.29) is 6.04 Å². The maximum atomic E-state index is 4.69. The smallest absolute Gasteiger partial charge is 0.0940 e. The van der Waals surface area contributed by atoms with Gasteiger partial charge in [-0.15, -0.1) is 11.3 Å². The van der Waals surface area contributed by atoms with Crippen molar-refractivity contribution in [2.75, 3.05) is 5.32 Å². The van der Waals surface area contributed by atoms with Gasteiger partial charge in [0.2, 0.25) is 0 Å². The van der Waals surface area contributed by atoms with Crippen LogP contribution in [0.25, 0.3) is 0 Å². The molecule has 0 aliphatic heterocycles. The number of para-hydroxylation sites is 2. The van der Waals surface area contributed by atoms with Crippen LogP contribution < -0.4 is 5.32 Å². The molecule has 4 rings (SSSR count). The fraction of sp³-hybridized carbons (Fsp3) is 0.0435. The number of anilines is 1. The van der Waals surface area contributed by atoms with Gasteiger partial charge in [0, 0.05) is 17.3 Å². The second-order valence-electron chi connectivity index (χ2n) is 6.03. The molecule has 0 spiro atoms. The first-order valence-corrected chi connectivity index (χ1v) is 9.67. The Bertz CT molecular complexity index is 957. The van der Waals surface area contributed by atoms with Gasteiger partial charge in [-0.25, -0.2) is 0 Å². The molecule has 0 amide bonds. The van der Waals surface area contributed by atoms with Crippen LogP contribution in [0.4, 0.5) is 11.4 Å². The standard InChI is InChI=1S/C23H19N3S/c1-2-9-18(10-3-1)23(22-14-6-7-15-24-22)26-21-13-5-4-12-20(21)25-17-19-11-8-16-27-19/h1-17,23,26H/t23-/m0/s1. The van der Waals surface area contributed by atoms with Crippen LogP contribution in [-0.4, -0.2) is 11.2 Å². The lowest BCUT2D eigenvalue weighted by Crippen LogP contribution is -2.13. The molecular weight excluding hydrogens is 350 g/mol. The number of aromatic nitrogens is 1. The van der Waals surface area contributed by atoms with Crippen molar-refractivity contribution in [3.05, 3.63) is 113 Å². The third-order valence-corrected chi connectivity index (χ3v) is 5.00. The van der Waals surface area contributed by atoms with Crippen LogP contribution in [0.5, 0.6) is 0 Å². The number of nitrogens with one attached hydrogen (secondary N) is 1. The lowest BCUT2D eigenvalue weighted by atomic mass is 10.0. The molecule has 0 unspecified atom stereocenters. The topological polar surface area (TPSA) is 37.3 Å². The van der Waals surface area contributed by atoms with Gasteiger partial charge in [-0.2, -0.15) is 0 Å². The molecule has 3 nitrogen and oxygen atoms in total. The molecule has 132 valence electrons. The molecule has 2 aromatic heterocycles. The monoisotopic (exact) mass is 369 g/mol. The number of benzene rings is 2. The van der Waals surface area contributed by atoms with E-state index in [0.717, 1.165) is 27.5 Å². The number of hydrogen-bond acceptors (Lipinski definition) is 4. The Hall–Kier alpha value is -3.24. The van der Waals surface area contributed by atoms with E-state index in [1.807, 2.05) is 73.1 Å². The lowest BCUT2D eigenvalue weighted by Gasteiger charge is -2.21. The Morgan fingerprint density at radius 2 is 1.67 bits per heavy atom. The highest BCUT2D eigenvalue weighted by atomic mass is 32.1. The van der Waals surface area contributed by atoms with Crippen LogP contribution in [0.1, 0.15) is 22.2 Å². The molecule has 0 saturated carbocycles. The quantitative estimate of drug-likeness (QED) is 0.417. The summed E-state index contributed by atoms with van der Waals surface area (Å²) >= 11 is 1.68. The molecule has 0 aliphatic rings. The summed E-state index contributed by atoms with van der Waals surface area (Å²) in [6.07, 6.45) is 3.73. The zero-order valence-electron chi connectivity index (χ0n) is 14.7. The van der Waals surface area contributed by atoms with Crippen molar-refractivity contribution >= 4 is 28.9 Å². The first-order valence-electron chi connectivity index (χ1n) is 8.79. The predicted octanol–water partition coefficient (Wildman–Crippen LogP) is 6.10. The molecule has 2 heterocycles. The second-order valence-corrected chi connectivity index (χ2v) is 7.01. The molecule has 4 heteroatoms. The highest BCUT2D eigenvalue weighted by Crippen LogP contribution is 2.31. The van der Waals surface area contributed by atoms with Crippen molar-refractivity contribution in [2.45, 2.75) is 6.04 Å². The highest BCUT2D eigenvalue weighted by Gasteiger charge is 2.16. The number of rotatable bonds is 6. The number of thiophene rings is 1. The summed E-state index contributed by atoms with van der Waals surface area (Å²) in [6.45, 7) is 0. The van der Waals surface area contributed by atoms with Gasteiger partial charge in [-0.3, -0.25) is 9.98 Å². The predicted molar refractivity (Wildman–Crippen MR) is 114 cm³/mol. The molecule has 4 aromatic rings. The number of hydrogen-bond donors (Lipinski definition) is 1. The lowest BCUT2D eigenvalue weighted by molar-refractivity contribution is 0.887. The minimum atomic E-state index is -0.0505.